The largest absolute Gasteiger partial charge is 0.457 e. The number of allylic oxidation sites excluding steroid dienone is 1. The van der Waals surface area contributed by atoms with E-state index in [1.807, 2.05) is 61.5 Å². The molecule has 0 bridgehead atoms. The lowest BCUT2D eigenvalue weighted by Crippen LogP contribution is -1.98. The fourth-order valence-corrected chi connectivity index (χ4v) is 1.69. The molecule has 2 aromatic rings. The molecule has 2 nitrogen and oxygen atoms in total. The lowest BCUT2D eigenvalue weighted by Gasteiger charge is -2.10. The van der Waals surface area contributed by atoms with Crippen LogP contribution in [0.4, 0.5) is 0 Å². The highest BCUT2D eigenvalue weighted by Gasteiger charge is 2.05. The Kier molecular flexibility index (Phi) is 4.14. The summed E-state index contributed by atoms with van der Waals surface area (Å²) in [6, 6.07) is 17.4. The van der Waals surface area contributed by atoms with Gasteiger partial charge in [0.25, 0.3) is 0 Å². The molecule has 2 aromatic carbocycles. The highest BCUT2D eigenvalue weighted by Crippen LogP contribution is 2.21. The molecule has 0 spiro atoms. The second-order valence-corrected chi connectivity index (χ2v) is 4.40. The monoisotopic (exact) mass is 252 g/mol. The summed E-state index contributed by atoms with van der Waals surface area (Å²) in [5.41, 5.74) is 2.06. The molecule has 0 aromatic heterocycles. The second-order valence-electron chi connectivity index (χ2n) is 4.40. The van der Waals surface area contributed by atoms with Crippen molar-refractivity contribution >= 4 is 11.5 Å². The van der Waals surface area contributed by atoms with Crippen LogP contribution in [-0.2, 0) is 4.79 Å². The minimum Gasteiger partial charge on any atom is -0.457 e. The number of carbonyl (C=O) groups is 1. The van der Waals surface area contributed by atoms with Gasteiger partial charge in [-0.1, -0.05) is 48.0 Å². The quantitative estimate of drug-likeness (QED) is 0.607. The Balaban J connectivity index is 2.30. The van der Waals surface area contributed by atoms with E-state index in [1.165, 1.54) is 18.6 Å². The topological polar surface area (TPSA) is 26.3 Å². The molecular weight excluding hydrogens is 236 g/mol. The normalized spacial score (nSPS) is 11.2. The predicted molar refractivity (Wildman–Crippen MR) is 76.9 cm³/mol. The number of carbonyl (C=O) groups excluding carboxylic acids is 1. The minimum absolute atomic E-state index is 0.0361. The van der Waals surface area contributed by atoms with E-state index < -0.39 is 0 Å². The SMILES string of the molecule is CC(=O)/C=C(/Oc1ccc(C)cc1)c1ccccc1. The molecule has 0 unspecified atom stereocenters. The lowest BCUT2D eigenvalue weighted by atomic mass is 10.1. The molecule has 0 radical (unpaired) electrons. The number of aryl methyl sites for hydroxylation is 1. The molecule has 0 atom stereocenters. The smallest absolute Gasteiger partial charge is 0.156 e. The average Bonchev–Trinajstić information content (AvgIpc) is 2.41. The Bertz CT molecular complexity index is 580. The molecule has 0 fully saturated rings. The van der Waals surface area contributed by atoms with Crippen molar-refractivity contribution in [3.05, 3.63) is 71.8 Å². The molecule has 0 saturated carbocycles. The zero-order chi connectivity index (χ0) is 13.7. The van der Waals surface area contributed by atoms with Crippen LogP contribution in [0.25, 0.3) is 5.76 Å². The van der Waals surface area contributed by atoms with Crippen molar-refractivity contribution in [2.24, 2.45) is 0 Å². The summed E-state index contributed by atoms with van der Waals surface area (Å²) in [4.78, 5) is 11.3. The standard InChI is InChI=1S/C17H16O2/c1-13-8-10-16(11-9-13)19-17(12-14(2)18)15-6-4-3-5-7-15/h3-12H,1-2H3/b17-12+. The van der Waals surface area contributed by atoms with Crippen LogP contribution in [0.5, 0.6) is 5.75 Å². The maximum atomic E-state index is 11.3. The number of ether oxygens (including phenoxy) is 1. The van der Waals surface area contributed by atoms with Gasteiger partial charge in [-0.15, -0.1) is 0 Å². The van der Waals surface area contributed by atoms with E-state index in [1.54, 1.807) is 0 Å². The van der Waals surface area contributed by atoms with Gasteiger partial charge in [0.05, 0.1) is 0 Å². The third kappa shape index (κ3) is 3.81. The van der Waals surface area contributed by atoms with E-state index in [2.05, 4.69) is 0 Å². The van der Waals surface area contributed by atoms with Gasteiger partial charge >= 0.3 is 0 Å². The maximum absolute atomic E-state index is 11.3. The first kappa shape index (κ1) is 13.1. The van der Waals surface area contributed by atoms with Gasteiger partial charge in [-0.2, -0.15) is 0 Å². The van der Waals surface area contributed by atoms with E-state index in [0.29, 0.717) is 5.76 Å². The first-order chi connectivity index (χ1) is 9.15. The highest BCUT2D eigenvalue weighted by molar-refractivity contribution is 5.94. The fraction of sp³-hybridized carbons (Fsp3) is 0.118. The Labute approximate surface area is 113 Å². The Morgan fingerprint density at radius 3 is 2.21 bits per heavy atom. The highest BCUT2D eigenvalue weighted by atomic mass is 16.5. The van der Waals surface area contributed by atoms with E-state index in [0.717, 1.165) is 11.3 Å². The molecule has 0 heterocycles. The third-order valence-corrected chi connectivity index (χ3v) is 2.64. The second kappa shape index (κ2) is 6.01. The lowest BCUT2D eigenvalue weighted by molar-refractivity contribution is -0.112. The van der Waals surface area contributed by atoms with Crippen LogP contribution >= 0.6 is 0 Å². The fourth-order valence-electron chi connectivity index (χ4n) is 1.69. The van der Waals surface area contributed by atoms with Crippen LogP contribution < -0.4 is 4.74 Å². The van der Waals surface area contributed by atoms with E-state index in [4.69, 9.17) is 4.74 Å². The first-order valence-electron chi connectivity index (χ1n) is 6.17. The molecule has 0 aliphatic rings. The van der Waals surface area contributed by atoms with Gasteiger partial charge in [-0.25, -0.2) is 0 Å². The van der Waals surface area contributed by atoms with Crippen LogP contribution in [0, 0.1) is 6.92 Å². The molecule has 2 rings (SSSR count). The van der Waals surface area contributed by atoms with E-state index in [9.17, 15) is 4.79 Å². The third-order valence-electron chi connectivity index (χ3n) is 2.64. The summed E-state index contributed by atoms with van der Waals surface area (Å²) in [7, 11) is 0. The van der Waals surface area contributed by atoms with Crippen molar-refractivity contribution in [3.63, 3.8) is 0 Å². The van der Waals surface area contributed by atoms with Crippen molar-refractivity contribution in [2.75, 3.05) is 0 Å². The van der Waals surface area contributed by atoms with Gasteiger partial charge in [0, 0.05) is 11.6 Å². The summed E-state index contributed by atoms with van der Waals surface area (Å²) < 4.78 is 5.81. The van der Waals surface area contributed by atoms with Crippen LogP contribution in [0.2, 0.25) is 0 Å². The molecule has 96 valence electrons. The number of hydrogen-bond donors (Lipinski definition) is 0. The zero-order valence-electron chi connectivity index (χ0n) is 11.1. The van der Waals surface area contributed by atoms with Gasteiger partial charge in [0.2, 0.25) is 0 Å². The van der Waals surface area contributed by atoms with Crippen LogP contribution in [0.15, 0.2) is 60.7 Å². The van der Waals surface area contributed by atoms with Gasteiger partial charge in [-0.05, 0) is 26.0 Å². The van der Waals surface area contributed by atoms with Crippen molar-refractivity contribution in [1.29, 1.82) is 0 Å². The number of ketones is 1. The summed E-state index contributed by atoms with van der Waals surface area (Å²) in [6.07, 6.45) is 1.51. The summed E-state index contributed by atoms with van der Waals surface area (Å²) in [5, 5.41) is 0. The number of rotatable bonds is 4. The van der Waals surface area contributed by atoms with E-state index in [-0.39, 0.29) is 5.78 Å². The van der Waals surface area contributed by atoms with Crippen molar-refractivity contribution < 1.29 is 9.53 Å². The molecule has 0 amide bonds. The molecule has 0 N–H and O–H groups in total. The van der Waals surface area contributed by atoms with Crippen LogP contribution in [-0.4, -0.2) is 5.78 Å². The van der Waals surface area contributed by atoms with Gasteiger partial charge in [0.15, 0.2) is 5.78 Å². The van der Waals surface area contributed by atoms with Crippen molar-refractivity contribution in [3.8, 4) is 5.75 Å². The summed E-state index contributed by atoms with van der Waals surface area (Å²) >= 11 is 0. The van der Waals surface area contributed by atoms with E-state index >= 15 is 0 Å². The summed E-state index contributed by atoms with van der Waals surface area (Å²) in [6.45, 7) is 3.54. The van der Waals surface area contributed by atoms with Crippen molar-refractivity contribution in [1.82, 2.24) is 0 Å². The van der Waals surface area contributed by atoms with Gasteiger partial charge < -0.3 is 4.74 Å². The molecule has 0 aliphatic carbocycles. The minimum atomic E-state index is -0.0361. The van der Waals surface area contributed by atoms with Crippen molar-refractivity contribution in [2.45, 2.75) is 13.8 Å². The Morgan fingerprint density at radius 1 is 1.00 bits per heavy atom. The Morgan fingerprint density at radius 2 is 1.63 bits per heavy atom. The molecular formula is C17H16O2. The molecule has 0 aliphatic heterocycles. The number of benzene rings is 2. The maximum Gasteiger partial charge on any atom is 0.156 e. The predicted octanol–water partition coefficient (Wildman–Crippen LogP) is 4.00. The zero-order valence-corrected chi connectivity index (χ0v) is 11.1. The Hall–Kier alpha value is -2.35. The first-order valence-corrected chi connectivity index (χ1v) is 6.17. The average molecular weight is 252 g/mol. The van der Waals surface area contributed by atoms with Crippen LogP contribution in [0.1, 0.15) is 18.1 Å². The van der Waals surface area contributed by atoms with Gasteiger partial charge in [-0.3, -0.25) is 4.79 Å². The van der Waals surface area contributed by atoms with Gasteiger partial charge in [0.1, 0.15) is 11.5 Å². The molecule has 0 saturated heterocycles. The molecule has 2 heteroatoms. The summed E-state index contributed by atoms with van der Waals surface area (Å²) in [5.74, 6) is 1.25. The molecule has 19 heavy (non-hydrogen) atoms. The van der Waals surface area contributed by atoms with Crippen LogP contribution in [0.3, 0.4) is 0 Å². The number of hydrogen-bond acceptors (Lipinski definition) is 2.